The molecular formula is C15H13N5O. The van der Waals surface area contributed by atoms with Gasteiger partial charge >= 0.3 is 0 Å². The Hall–Kier alpha value is -3.02. The summed E-state index contributed by atoms with van der Waals surface area (Å²) in [6, 6.07) is 6.95. The molecule has 0 unspecified atom stereocenters. The van der Waals surface area contributed by atoms with Crippen molar-refractivity contribution in [2.24, 2.45) is 7.05 Å². The van der Waals surface area contributed by atoms with Crippen LogP contribution >= 0.6 is 0 Å². The number of nitrogens with zero attached hydrogens (tertiary/aromatic N) is 4. The Labute approximate surface area is 121 Å². The monoisotopic (exact) mass is 279 g/mol. The van der Waals surface area contributed by atoms with Crippen LogP contribution < -0.4 is 5.32 Å². The summed E-state index contributed by atoms with van der Waals surface area (Å²) in [4.78, 5) is 20.6. The standard InChI is InChI=1S/C15H13N5O/c1-20-10-11(9-18-20)14-13(3-2-6-17-14)15(21)19-12-4-7-16-8-5-12/h2-10H,1H3,(H,16,19,21). The third-order valence-corrected chi connectivity index (χ3v) is 2.97. The van der Waals surface area contributed by atoms with E-state index in [1.54, 1.807) is 53.7 Å². The van der Waals surface area contributed by atoms with E-state index in [2.05, 4.69) is 20.4 Å². The maximum absolute atomic E-state index is 12.4. The number of amides is 1. The summed E-state index contributed by atoms with van der Waals surface area (Å²) in [7, 11) is 1.82. The Kier molecular flexibility index (Phi) is 3.42. The van der Waals surface area contributed by atoms with Crippen molar-refractivity contribution in [3.63, 3.8) is 0 Å². The van der Waals surface area contributed by atoms with Crippen LogP contribution in [0.2, 0.25) is 0 Å². The Morgan fingerprint density at radius 2 is 2.00 bits per heavy atom. The maximum Gasteiger partial charge on any atom is 0.257 e. The van der Waals surface area contributed by atoms with E-state index < -0.39 is 0 Å². The molecule has 104 valence electrons. The number of hydrogen-bond donors (Lipinski definition) is 1. The summed E-state index contributed by atoms with van der Waals surface area (Å²) in [5.74, 6) is -0.215. The van der Waals surface area contributed by atoms with Crippen molar-refractivity contribution in [3.8, 4) is 11.3 Å². The van der Waals surface area contributed by atoms with Crippen LogP contribution in [0.5, 0.6) is 0 Å². The summed E-state index contributed by atoms with van der Waals surface area (Å²) in [5, 5.41) is 6.94. The Bertz CT molecular complexity index is 766. The molecule has 0 saturated carbocycles. The van der Waals surface area contributed by atoms with Crippen molar-refractivity contribution in [2.45, 2.75) is 0 Å². The second-order valence-electron chi connectivity index (χ2n) is 4.49. The first-order chi connectivity index (χ1) is 10.2. The van der Waals surface area contributed by atoms with E-state index in [-0.39, 0.29) is 5.91 Å². The molecule has 0 bridgehead atoms. The number of nitrogens with one attached hydrogen (secondary N) is 1. The SMILES string of the molecule is Cn1cc(-c2ncccc2C(=O)Nc2ccncc2)cn1. The van der Waals surface area contributed by atoms with Crippen LogP contribution in [0.1, 0.15) is 10.4 Å². The number of aryl methyl sites for hydroxylation is 1. The number of rotatable bonds is 3. The van der Waals surface area contributed by atoms with Gasteiger partial charge in [0.2, 0.25) is 0 Å². The lowest BCUT2D eigenvalue weighted by atomic mass is 10.1. The first kappa shape index (κ1) is 13.0. The first-order valence-corrected chi connectivity index (χ1v) is 6.39. The van der Waals surface area contributed by atoms with Gasteiger partial charge in [0.25, 0.3) is 5.91 Å². The molecule has 0 aliphatic rings. The Morgan fingerprint density at radius 1 is 1.19 bits per heavy atom. The molecule has 21 heavy (non-hydrogen) atoms. The van der Waals surface area contributed by atoms with Gasteiger partial charge in [-0.3, -0.25) is 19.4 Å². The van der Waals surface area contributed by atoms with E-state index in [0.717, 1.165) is 5.56 Å². The number of pyridine rings is 2. The highest BCUT2D eigenvalue weighted by Crippen LogP contribution is 2.21. The first-order valence-electron chi connectivity index (χ1n) is 6.39. The average molecular weight is 279 g/mol. The van der Waals surface area contributed by atoms with Gasteiger partial charge in [-0.25, -0.2) is 0 Å². The molecule has 6 nitrogen and oxygen atoms in total. The molecule has 1 N–H and O–H groups in total. The largest absolute Gasteiger partial charge is 0.322 e. The Morgan fingerprint density at radius 3 is 2.71 bits per heavy atom. The second-order valence-corrected chi connectivity index (χ2v) is 4.49. The molecule has 0 aliphatic carbocycles. The van der Waals surface area contributed by atoms with E-state index in [9.17, 15) is 4.79 Å². The number of hydrogen-bond acceptors (Lipinski definition) is 4. The number of anilines is 1. The van der Waals surface area contributed by atoms with Crippen molar-refractivity contribution < 1.29 is 4.79 Å². The van der Waals surface area contributed by atoms with Gasteiger partial charge in [0, 0.05) is 43.1 Å². The molecule has 0 fully saturated rings. The molecule has 3 aromatic rings. The minimum Gasteiger partial charge on any atom is -0.322 e. The number of carbonyl (C=O) groups is 1. The zero-order valence-corrected chi connectivity index (χ0v) is 11.4. The Balaban J connectivity index is 1.94. The van der Waals surface area contributed by atoms with E-state index in [1.807, 2.05) is 13.2 Å². The van der Waals surface area contributed by atoms with Crippen LogP contribution in [0, 0.1) is 0 Å². The molecule has 0 radical (unpaired) electrons. The minimum absolute atomic E-state index is 0.215. The minimum atomic E-state index is -0.215. The summed E-state index contributed by atoms with van der Waals surface area (Å²) >= 11 is 0. The third kappa shape index (κ3) is 2.79. The molecule has 0 aliphatic heterocycles. The number of aromatic nitrogens is 4. The highest BCUT2D eigenvalue weighted by molar-refractivity contribution is 6.07. The van der Waals surface area contributed by atoms with Gasteiger partial charge in [0.15, 0.2) is 0 Å². The topological polar surface area (TPSA) is 72.7 Å². The molecule has 0 atom stereocenters. The van der Waals surface area contributed by atoms with Gasteiger partial charge in [-0.2, -0.15) is 5.10 Å². The molecular weight excluding hydrogens is 266 g/mol. The van der Waals surface area contributed by atoms with Crippen LogP contribution in [0.3, 0.4) is 0 Å². The van der Waals surface area contributed by atoms with Crippen LogP contribution in [-0.2, 0) is 7.05 Å². The molecule has 0 spiro atoms. The third-order valence-electron chi connectivity index (χ3n) is 2.97. The van der Waals surface area contributed by atoms with Crippen molar-refractivity contribution in [1.29, 1.82) is 0 Å². The number of carbonyl (C=O) groups excluding carboxylic acids is 1. The van der Waals surface area contributed by atoms with Gasteiger partial charge in [-0.15, -0.1) is 0 Å². The highest BCUT2D eigenvalue weighted by Gasteiger charge is 2.15. The van der Waals surface area contributed by atoms with Crippen LogP contribution in [-0.4, -0.2) is 25.7 Å². The van der Waals surface area contributed by atoms with Crippen molar-refractivity contribution in [1.82, 2.24) is 19.7 Å². The van der Waals surface area contributed by atoms with Crippen molar-refractivity contribution >= 4 is 11.6 Å². The fraction of sp³-hybridized carbons (Fsp3) is 0.0667. The van der Waals surface area contributed by atoms with Crippen LogP contribution in [0.15, 0.2) is 55.2 Å². The maximum atomic E-state index is 12.4. The summed E-state index contributed by atoms with van der Waals surface area (Å²) in [6.45, 7) is 0. The van der Waals surface area contributed by atoms with E-state index in [1.165, 1.54) is 0 Å². The molecule has 3 aromatic heterocycles. The molecule has 3 heterocycles. The quantitative estimate of drug-likeness (QED) is 0.797. The fourth-order valence-corrected chi connectivity index (χ4v) is 2.00. The summed E-state index contributed by atoms with van der Waals surface area (Å²) in [5.41, 5.74) is 2.61. The molecule has 6 heteroatoms. The summed E-state index contributed by atoms with van der Waals surface area (Å²) in [6.07, 6.45) is 8.42. The normalized spacial score (nSPS) is 10.3. The average Bonchev–Trinajstić information content (AvgIpc) is 2.95. The molecule has 0 saturated heterocycles. The smallest absolute Gasteiger partial charge is 0.257 e. The lowest BCUT2D eigenvalue weighted by Crippen LogP contribution is -2.13. The fourth-order valence-electron chi connectivity index (χ4n) is 2.00. The van der Waals surface area contributed by atoms with Crippen LogP contribution in [0.25, 0.3) is 11.3 Å². The van der Waals surface area contributed by atoms with E-state index in [0.29, 0.717) is 16.9 Å². The second kappa shape index (κ2) is 5.54. The predicted molar refractivity (Wildman–Crippen MR) is 78.6 cm³/mol. The van der Waals surface area contributed by atoms with Crippen molar-refractivity contribution in [3.05, 3.63) is 60.8 Å². The van der Waals surface area contributed by atoms with Gasteiger partial charge in [-0.1, -0.05) is 0 Å². The van der Waals surface area contributed by atoms with Gasteiger partial charge < -0.3 is 5.32 Å². The zero-order chi connectivity index (χ0) is 14.7. The lowest BCUT2D eigenvalue weighted by molar-refractivity contribution is 0.102. The predicted octanol–water partition coefficient (Wildman–Crippen LogP) is 2.13. The molecule has 0 aromatic carbocycles. The van der Waals surface area contributed by atoms with Gasteiger partial charge in [0.05, 0.1) is 17.5 Å². The van der Waals surface area contributed by atoms with Crippen LogP contribution in [0.4, 0.5) is 5.69 Å². The highest BCUT2D eigenvalue weighted by atomic mass is 16.1. The van der Waals surface area contributed by atoms with Crippen molar-refractivity contribution in [2.75, 3.05) is 5.32 Å². The summed E-state index contributed by atoms with van der Waals surface area (Å²) < 4.78 is 1.68. The molecule has 3 rings (SSSR count). The van der Waals surface area contributed by atoms with Gasteiger partial charge in [-0.05, 0) is 24.3 Å². The zero-order valence-electron chi connectivity index (χ0n) is 11.4. The van der Waals surface area contributed by atoms with E-state index in [4.69, 9.17) is 0 Å². The van der Waals surface area contributed by atoms with E-state index >= 15 is 0 Å². The van der Waals surface area contributed by atoms with Gasteiger partial charge in [0.1, 0.15) is 0 Å². The lowest BCUT2D eigenvalue weighted by Gasteiger charge is -2.08. The molecule has 1 amide bonds.